The van der Waals surface area contributed by atoms with Crippen LogP contribution in [0.4, 0.5) is 0 Å². The van der Waals surface area contributed by atoms with E-state index in [2.05, 4.69) is 56.3 Å². The molecule has 0 aromatic heterocycles. The highest BCUT2D eigenvalue weighted by atomic mass is 16.1. The van der Waals surface area contributed by atoms with E-state index in [0.29, 0.717) is 18.1 Å². The van der Waals surface area contributed by atoms with Crippen LogP contribution in [0.1, 0.15) is 56.6 Å². The number of likely N-dealkylation sites (N-methyl/N-ethyl adjacent to an activating group) is 1. The summed E-state index contributed by atoms with van der Waals surface area (Å²) in [6.45, 7) is 2.23. The minimum absolute atomic E-state index is 0.0796. The number of hydrogen-bond donors (Lipinski definition) is 0. The van der Waals surface area contributed by atoms with Gasteiger partial charge in [0.25, 0.3) is 0 Å². The zero-order valence-electron chi connectivity index (χ0n) is 15.3. The van der Waals surface area contributed by atoms with E-state index < -0.39 is 0 Å². The average Bonchev–Trinajstić information content (AvgIpc) is 3.02. The van der Waals surface area contributed by atoms with Crippen LogP contribution in [0, 0.1) is 11.3 Å². The minimum atomic E-state index is -0.167. The van der Waals surface area contributed by atoms with Gasteiger partial charge in [0, 0.05) is 6.42 Å². The molecular formula is C22H29NO. The highest BCUT2D eigenvalue weighted by Crippen LogP contribution is 2.66. The van der Waals surface area contributed by atoms with E-state index in [1.807, 2.05) is 0 Å². The highest BCUT2D eigenvalue weighted by Gasteiger charge is 2.68. The summed E-state index contributed by atoms with van der Waals surface area (Å²) in [4.78, 5) is 15.3. The Kier molecular flexibility index (Phi) is 3.72. The maximum atomic E-state index is 12.9. The number of carbonyl (C=O) groups excluding carboxylic acids is 1. The average molecular weight is 323 g/mol. The van der Waals surface area contributed by atoms with Gasteiger partial charge in [-0.05, 0) is 56.0 Å². The molecule has 2 bridgehead atoms. The summed E-state index contributed by atoms with van der Waals surface area (Å²) in [5.74, 6) is 0.971. The van der Waals surface area contributed by atoms with Crippen molar-refractivity contribution in [1.82, 2.24) is 4.90 Å². The van der Waals surface area contributed by atoms with Crippen LogP contribution >= 0.6 is 0 Å². The van der Waals surface area contributed by atoms with Crippen molar-refractivity contribution in [1.29, 1.82) is 0 Å². The summed E-state index contributed by atoms with van der Waals surface area (Å²) in [6.07, 6.45) is 10.1. The Morgan fingerprint density at radius 3 is 2.58 bits per heavy atom. The van der Waals surface area contributed by atoms with Gasteiger partial charge in [0.2, 0.25) is 0 Å². The summed E-state index contributed by atoms with van der Waals surface area (Å²) in [5.41, 5.74) is 3.91. The predicted molar refractivity (Wildman–Crippen MR) is 98.8 cm³/mol. The monoisotopic (exact) mass is 323 g/mol. The second kappa shape index (κ2) is 5.56. The first kappa shape index (κ1) is 16.1. The molecule has 1 unspecified atom stereocenters. The van der Waals surface area contributed by atoms with E-state index in [0.717, 1.165) is 12.8 Å². The number of carbonyl (C=O) groups is 1. The number of aryl methyl sites for hydroxylation is 1. The van der Waals surface area contributed by atoms with Gasteiger partial charge in [0.15, 0.2) is 0 Å². The first-order chi connectivity index (χ1) is 11.5. The molecule has 24 heavy (non-hydrogen) atoms. The lowest BCUT2D eigenvalue weighted by Crippen LogP contribution is -2.48. The highest BCUT2D eigenvalue weighted by molar-refractivity contribution is 6.01. The molecule has 2 heteroatoms. The Bertz CT molecular complexity index is 686. The van der Waals surface area contributed by atoms with Crippen molar-refractivity contribution in [3.8, 4) is 0 Å². The van der Waals surface area contributed by atoms with Gasteiger partial charge in [-0.3, -0.25) is 9.69 Å². The van der Waals surface area contributed by atoms with Gasteiger partial charge in [-0.15, -0.1) is 0 Å². The van der Waals surface area contributed by atoms with Gasteiger partial charge in [0.05, 0.1) is 11.0 Å². The van der Waals surface area contributed by atoms with Gasteiger partial charge >= 0.3 is 0 Å². The first-order valence-corrected chi connectivity index (χ1v) is 9.58. The molecule has 1 aromatic rings. The third kappa shape index (κ3) is 1.95. The SMILES string of the molecule is CCCc1ccc(C2=C[C@@]34CCCCC3[C@@]2(N(C)C)CC4=O)cc1. The van der Waals surface area contributed by atoms with Crippen molar-refractivity contribution in [2.45, 2.75) is 57.4 Å². The second-order valence-electron chi connectivity index (χ2n) is 8.26. The maximum absolute atomic E-state index is 12.9. The fourth-order valence-corrected chi connectivity index (χ4v) is 5.83. The largest absolute Gasteiger partial charge is 0.299 e. The van der Waals surface area contributed by atoms with Crippen molar-refractivity contribution < 1.29 is 4.79 Å². The predicted octanol–water partition coefficient (Wildman–Crippen LogP) is 4.49. The van der Waals surface area contributed by atoms with Crippen LogP contribution in [-0.4, -0.2) is 30.3 Å². The van der Waals surface area contributed by atoms with Gasteiger partial charge in [-0.25, -0.2) is 0 Å². The van der Waals surface area contributed by atoms with E-state index in [-0.39, 0.29) is 11.0 Å². The topological polar surface area (TPSA) is 20.3 Å². The van der Waals surface area contributed by atoms with E-state index in [1.165, 1.54) is 42.4 Å². The molecule has 0 heterocycles. The molecule has 0 amide bonds. The molecule has 3 aliphatic carbocycles. The van der Waals surface area contributed by atoms with E-state index >= 15 is 0 Å². The number of allylic oxidation sites excluding steroid dienone is 1. The van der Waals surface area contributed by atoms with Crippen molar-refractivity contribution in [2.24, 2.45) is 11.3 Å². The van der Waals surface area contributed by atoms with Crippen LogP contribution in [-0.2, 0) is 11.2 Å². The molecular weight excluding hydrogens is 294 g/mol. The fraction of sp³-hybridized carbons (Fsp3) is 0.591. The Labute approximate surface area is 145 Å². The molecule has 0 radical (unpaired) electrons. The zero-order valence-corrected chi connectivity index (χ0v) is 15.3. The van der Waals surface area contributed by atoms with Crippen LogP contribution in [0.2, 0.25) is 0 Å². The van der Waals surface area contributed by atoms with Gasteiger partial charge < -0.3 is 0 Å². The van der Waals surface area contributed by atoms with Crippen LogP contribution in [0.25, 0.3) is 5.57 Å². The molecule has 0 aliphatic heterocycles. The van der Waals surface area contributed by atoms with Crippen LogP contribution < -0.4 is 0 Å². The Morgan fingerprint density at radius 1 is 1.17 bits per heavy atom. The van der Waals surface area contributed by atoms with Crippen molar-refractivity contribution in [3.63, 3.8) is 0 Å². The van der Waals surface area contributed by atoms with E-state index in [4.69, 9.17) is 0 Å². The molecule has 3 atom stereocenters. The minimum Gasteiger partial charge on any atom is -0.299 e. The molecule has 0 spiro atoms. The Hall–Kier alpha value is -1.41. The van der Waals surface area contributed by atoms with E-state index in [1.54, 1.807) is 0 Å². The summed E-state index contributed by atoms with van der Waals surface area (Å²) in [6, 6.07) is 9.13. The smallest absolute Gasteiger partial charge is 0.145 e. The van der Waals surface area contributed by atoms with E-state index in [9.17, 15) is 4.79 Å². The molecule has 2 saturated carbocycles. The summed E-state index contributed by atoms with van der Waals surface area (Å²) in [5, 5.41) is 0. The number of benzene rings is 1. The standard InChI is InChI=1S/C22H29NO/c1-4-7-16-9-11-17(12-10-16)18-14-21-13-6-5-8-19(21)22(18,23(2)3)15-20(21)24/h9-12,14,19H,4-8,13,15H2,1-3H3/t19?,21-,22+/m0/s1. The van der Waals surface area contributed by atoms with Crippen molar-refractivity contribution >= 4 is 11.4 Å². The van der Waals surface area contributed by atoms with Gasteiger partial charge in [-0.1, -0.05) is 56.5 Å². The lowest BCUT2D eigenvalue weighted by molar-refractivity contribution is -0.125. The summed E-state index contributed by atoms with van der Waals surface area (Å²) in [7, 11) is 4.34. The molecule has 1 aromatic carbocycles. The Balaban J connectivity index is 1.81. The second-order valence-corrected chi connectivity index (χ2v) is 8.26. The summed E-state index contributed by atoms with van der Waals surface area (Å²) < 4.78 is 0. The molecule has 0 saturated heterocycles. The molecule has 2 fully saturated rings. The van der Waals surface area contributed by atoms with Crippen LogP contribution in [0.3, 0.4) is 0 Å². The van der Waals surface area contributed by atoms with Crippen molar-refractivity contribution in [3.05, 3.63) is 41.5 Å². The normalized spacial score (nSPS) is 34.6. The van der Waals surface area contributed by atoms with Crippen molar-refractivity contribution in [2.75, 3.05) is 14.1 Å². The quantitative estimate of drug-likeness (QED) is 0.814. The molecule has 128 valence electrons. The molecule has 0 N–H and O–H groups in total. The fourth-order valence-electron chi connectivity index (χ4n) is 5.83. The molecule has 4 rings (SSSR count). The zero-order chi connectivity index (χ0) is 16.9. The number of nitrogens with zero attached hydrogens (tertiary/aromatic N) is 1. The lowest BCUT2D eigenvalue weighted by Gasteiger charge is -2.43. The number of rotatable bonds is 4. The van der Waals surface area contributed by atoms with Gasteiger partial charge in [-0.2, -0.15) is 0 Å². The van der Waals surface area contributed by atoms with Gasteiger partial charge in [0.1, 0.15) is 5.78 Å². The third-order valence-corrected chi connectivity index (χ3v) is 6.95. The molecule has 3 aliphatic rings. The maximum Gasteiger partial charge on any atom is 0.145 e. The first-order valence-electron chi connectivity index (χ1n) is 9.58. The number of Topliss-reactive ketones (excluding diaryl/α,β-unsaturated/α-hetero) is 1. The summed E-state index contributed by atoms with van der Waals surface area (Å²) >= 11 is 0. The van der Waals surface area contributed by atoms with Crippen LogP contribution in [0.5, 0.6) is 0 Å². The van der Waals surface area contributed by atoms with Crippen LogP contribution in [0.15, 0.2) is 30.3 Å². The number of ketones is 1. The lowest BCUT2D eigenvalue weighted by atomic mass is 9.68. The Morgan fingerprint density at radius 2 is 1.92 bits per heavy atom. The third-order valence-electron chi connectivity index (χ3n) is 6.95. The molecule has 2 nitrogen and oxygen atoms in total. The number of hydrogen-bond acceptors (Lipinski definition) is 2.